The molecule has 0 rings (SSSR count). The predicted molar refractivity (Wildman–Crippen MR) is 69.2 cm³/mol. The molecule has 0 saturated heterocycles. The first-order chi connectivity index (χ1) is 7.97. The topological polar surface area (TPSA) is 49.8 Å². The summed E-state index contributed by atoms with van der Waals surface area (Å²) in [6, 6.07) is 0. The fraction of sp³-hybridized carbons (Fsp3) is 0.769. The molecule has 0 aromatic heterocycles. The van der Waals surface area contributed by atoms with E-state index >= 15 is 0 Å². The lowest BCUT2D eigenvalue weighted by molar-refractivity contribution is -0.141. The van der Waals surface area contributed by atoms with E-state index in [-0.39, 0.29) is 5.92 Å². The number of rotatable bonds is 10. The Morgan fingerprint density at radius 2 is 2.18 bits per heavy atom. The number of hydrogen-bond acceptors (Lipinski definition) is 3. The number of carboxylic acids is 1. The predicted octanol–water partition coefficient (Wildman–Crippen LogP) is 2.01. The molecule has 0 aliphatic heterocycles. The van der Waals surface area contributed by atoms with Crippen molar-refractivity contribution >= 4 is 5.97 Å². The van der Waals surface area contributed by atoms with E-state index < -0.39 is 5.97 Å². The highest BCUT2D eigenvalue weighted by Gasteiger charge is 2.15. The summed E-state index contributed by atoms with van der Waals surface area (Å²) in [7, 11) is 0. The van der Waals surface area contributed by atoms with Crippen LogP contribution in [0.15, 0.2) is 12.2 Å². The molecular weight excluding hydrogens is 218 g/mol. The molecule has 17 heavy (non-hydrogen) atoms. The molecular formula is C13H25NO3. The van der Waals surface area contributed by atoms with E-state index in [1.54, 1.807) is 6.92 Å². The van der Waals surface area contributed by atoms with Crippen LogP contribution in [0.4, 0.5) is 0 Å². The zero-order valence-electron chi connectivity index (χ0n) is 11.2. The standard InChI is InChI=1S/C13H25NO3/c1-5-17-8-6-7-14(9-11(2)3)10-12(4)13(15)16/h12H,2,5-10H2,1,3-4H3,(H,15,16). The quantitative estimate of drug-likeness (QED) is 0.471. The smallest absolute Gasteiger partial charge is 0.307 e. The molecule has 0 aliphatic carbocycles. The Hall–Kier alpha value is -0.870. The first-order valence-electron chi connectivity index (χ1n) is 6.14. The summed E-state index contributed by atoms with van der Waals surface area (Å²) >= 11 is 0. The number of aliphatic carboxylic acids is 1. The van der Waals surface area contributed by atoms with Crippen molar-refractivity contribution in [1.29, 1.82) is 0 Å². The van der Waals surface area contributed by atoms with E-state index in [1.807, 2.05) is 13.8 Å². The zero-order valence-corrected chi connectivity index (χ0v) is 11.2. The molecule has 1 N–H and O–H groups in total. The van der Waals surface area contributed by atoms with Crippen LogP contribution in [0, 0.1) is 5.92 Å². The second-order valence-corrected chi connectivity index (χ2v) is 4.48. The highest BCUT2D eigenvalue weighted by molar-refractivity contribution is 5.69. The lowest BCUT2D eigenvalue weighted by atomic mass is 10.1. The summed E-state index contributed by atoms with van der Waals surface area (Å²) in [5.74, 6) is -1.09. The van der Waals surface area contributed by atoms with Gasteiger partial charge in [0.25, 0.3) is 0 Å². The van der Waals surface area contributed by atoms with Crippen LogP contribution in [0.3, 0.4) is 0 Å². The molecule has 4 heteroatoms. The average molecular weight is 243 g/mol. The van der Waals surface area contributed by atoms with Crippen LogP contribution in [0.1, 0.15) is 27.2 Å². The molecule has 1 atom stereocenters. The second-order valence-electron chi connectivity index (χ2n) is 4.48. The van der Waals surface area contributed by atoms with Gasteiger partial charge in [0.2, 0.25) is 0 Å². The molecule has 0 radical (unpaired) electrons. The third-order valence-corrected chi connectivity index (χ3v) is 2.41. The fourth-order valence-electron chi connectivity index (χ4n) is 1.62. The Morgan fingerprint density at radius 3 is 2.65 bits per heavy atom. The minimum absolute atomic E-state index is 0.346. The van der Waals surface area contributed by atoms with Gasteiger partial charge in [-0.1, -0.05) is 19.1 Å². The van der Waals surface area contributed by atoms with Crippen LogP contribution in [-0.2, 0) is 9.53 Å². The monoisotopic (exact) mass is 243 g/mol. The van der Waals surface area contributed by atoms with Crippen LogP contribution in [-0.4, -0.2) is 48.8 Å². The van der Waals surface area contributed by atoms with Gasteiger partial charge in [-0.25, -0.2) is 0 Å². The Bertz CT molecular complexity index is 241. The highest BCUT2D eigenvalue weighted by Crippen LogP contribution is 2.04. The number of ether oxygens (including phenoxy) is 1. The van der Waals surface area contributed by atoms with Gasteiger partial charge in [0, 0.05) is 32.8 Å². The van der Waals surface area contributed by atoms with Crippen LogP contribution in [0.25, 0.3) is 0 Å². The van der Waals surface area contributed by atoms with E-state index in [2.05, 4.69) is 11.5 Å². The molecule has 0 bridgehead atoms. The third kappa shape index (κ3) is 8.89. The van der Waals surface area contributed by atoms with Crippen LogP contribution in [0.2, 0.25) is 0 Å². The lowest BCUT2D eigenvalue weighted by Crippen LogP contribution is -2.34. The maximum Gasteiger partial charge on any atom is 0.307 e. The Balaban J connectivity index is 4.04. The second kappa shape index (κ2) is 9.19. The number of carbonyl (C=O) groups is 1. The van der Waals surface area contributed by atoms with Gasteiger partial charge in [-0.3, -0.25) is 9.69 Å². The highest BCUT2D eigenvalue weighted by atomic mass is 16.5. The van der Waals surface area contributed by atoms with Crippen LogP contribution >= 0.6 is 0 Å². The van der Waals surface area contributed by atoms with Crippen molar-refractivity contribution in [3.63, 3.8) is 0 Å². The summed E-state index contributed by atoms with van der Waals surface area (Å²) in [5.41, 5.74) is 1.05. The molecule has 4 nitrogen and oxygen atoms in total. The SMILES string of the molecule is C=C(C)CN(CCCOCC)CC(C)C(=O)O. The average Bonchev–Trinajstić information content (AvgIpc) is 2.23. The summed E-state index contributed by atoms with van der Waals surface area (Å²) in [6.07, 6.45) is 0.924. The minimum Gasteiger partial charge on any atom is -0.481 e. The third-order valence-electron chi connectivity index (χ3n) is 2.41. The van der Waals surface area contributed by atoms with Crippen molar-refractivity contribution in [3.05, 3.63) is 12.2 Å². The lowest BCUT2D eigenvalue weighted by Gasteiger charge is -2.24. The van der Waals surface area contributed by atoms with Gasteiger partial charge in [0.15, 0.2) is 0 Å². The molecule has 1 unspecified atom stereocenters. The van der Waals surface area contributed by atoms with Crippen molar-refractivity contribution in [3.8, 4) is 0 Å². The first kappa shape index (κ1) is 16.1. The summed E-state index contributed by atoms with van der Waals surface area (Å²) in [6.45, 7) is 13.2. The van der Waals surface area contributed by atoms with Crippen LogP contribution in [0.5, 0.6) is 0 Å². The fourth-order valence-corrected chi connectivity index (χ4v) is 1.62. The van der Waals surface area contributed by atoms with Gasteiger partial charge in [-0.05, 0) is 20.3 Å². The van der Waals surface area contributed by atoms with Crippen molar-refractivity contribution in [2.75, 3.05) is 32.8 Å². The largest absolute Gasteiger partial charge is 0.481 e. The van der Waals surface area contributed by atoms with Gasteiger partial charge >= 0.3 is 5.97 Å². The molecule has 0 aromatic rings. The molecule has 0 saturated carbocycles. The van der Waals surface area contributed by atoms with Crippen LogP contribution < -0.4 is 0 Å². The maximum absolute atomic E-state index is 10.8. The van der Waals surface area contributed by atoms with E-state index in [9.17, 15) is 4.79 Å². The van der Waals surface area contributed by atoms with Crippen molar-refractivity contribution in [2.45, 2.75) is 27.2 Å². The zero-order chi connectivity index (χ0) is 13.3. The maximum atomic E-state index is 10.8. The molecule has 0 spiro atoms. The molecule has 0 aromatic carbocycles. The van der Waals surface area contributed by atoms with Gasteiger partial charge in [0.1, 0.15) is 0 Å². The van der Waals surface area contributed by atoms with E-state index in [1.165, 1.54) is 0 Å². The summed E-state index contributed by atoms with van der Waals surface area (Å²) < 4.78 is 5.28. The van der Waals surface area contributed by atoms with E-state index in [0.29, 0.717) is 6.54 Å². The Labute approximate surface area is 104 Å². The first-order valence-corrected chi connectivity index (χ1v) is 6.14. The molecule has 0 amide bonds. The number of carboxylic acid groups (broad SMARTS) is 1. The van der Waals surface area contributed by atoms with Gasteiger partial charge < -0.3 is 9.84 Å². The minimum atomic E-state index is -0.749. The van der Waals surface area contributed by atoms with E-state index in [4.69, 9.17) is 9.84 Å². The normalized spacial score (nSPS) is 12.7. The summed E-state index contributed by atoms with van der Waals surface area (Å²) in [5, 5.41) is 8.90. The molecule has 0 fully saturated rings. The Kier molecular flexibility index (Phi) is 8.72. The molecule has 0 aliphatic rings. The summed E-state index contributed by atoms with van der Waals surface area (Å²) in [4.78, 5) is 12.9. The molecule has 100 valence electrons. The van der Waals surface area contributed by atoms with Gasteiger partial charge in [0.05, 0.1) is 5.92 Å². The van der Waals surface area contributed by atoms with E-state index in [0.717, 1.165) is 38.3 Å². The van der Waals surface area contributed by atoms with Crippen molar-refractivity contribution in [1.82, 2.24) is 4.90 Å². The van der Waals surface area contributed by atoms with Crippen molar-refractivity contribution in [2.24, 2.45) is 5.92 Å². The van der Waals surface area contributed by atoms with Gasteiger partial charge in [-0.2, -0.15) is 0 Å². The molecule has 0 heterocycles. The Morgan fingerprint density at radius 1 is 1.53 bits per heavy atom. The number of hydrogen-bond donors (Lipinski definition) is 1. The number of nitrogens with zero attached hydrogens (tertiary/aromatic N) is 1. The van der Waals surface area contributed by atoms with Gasteiger partial charge in [-0.15, -0.1) is 0 Å². The van der Waals surface area contributed by atoms with Crippen molar-refractivity contribution < 1.29 is 14.6 Å².